The maximum atomic E-state index is 11.2. The number of hydrogen-bond acceptors (Lipinski definition) is 3. The van der Waals surface area contributed by atoms with Crippen molar-refractivity contribution < 1.29 is 14.3 Å². The Morgan fingerprint density at radius 2 is 1.74 bits per heavy atom. The first-order chi connectivity index (χ1) is 10.8. The van der Waals surface area contributed by atoms with Gasteiger partial charge >= 0.3 is 0 Å². The van der Waals surface area contributed by atoms with E-state index in [1.54, 1.807) is 0 Å². The van der Waals surface area contributed by atoms with E-state index < -0.39 is 8.60 Å². The summed E-state index contributed by atoms with van der Waals surface area (Å²) >= 11 is 0. The molecule has 0 aliphatic rings. The van der Waals surface area contributed by atoms with Gasteiger partial charge in [0.25, 0.3) is 0 Å². The van der Waals surface area contributed by atoms with Crippen LogP contribution in [0.3, 0.4) is 0 Å². The van der Waals surface area contributed by atoms with Crippen LogP contribution in [0.25, 0.3) is 0 Å². The lowest BCUT2D eigenvalue weighted by molar-refractivity contribution is -0.322. The molecule has 1 atom stereocenters. The second kappa shape index (κ2) is 9.74. The molecule has 0 saturated heterocycles. The second-order valence-corrected chi connectivity index (χ2v) is 8.02. The van der Waals surface area contributed by atoms with E-state index in [1.165, 1.54) is 30.4 Å². The minimum absolute atomic E-state index is 0.0420. The quantitative estimate of drug-likeness (QED) is 0.486. The van der Waals surface area contributed by atoms with Crippen molar-refractivity contribution in [3.63, 3.8) is 0 Å². The van der Waals surface area contributed by atoms with E-state index in [9.17, 15) is 9.79 Å². The Bertz CT molecular complexity index is 466. The maximum absolute atomic E-state index is 11.2. The van der Waals surface area contributed by atoms with Crippen molar-refractivity contribution in [2.75, 3.05) is 0 Å². The predicted octanol–water partition coefficient (Wildman–Crippen LogP) is 4.66. The maximum Gasteiger partial charge on any atom is 0.0837 e. The Morgan fingerprint density at radius 3 is 2.30 bits per heavy atom. The summed E-state index contributed by atoms with van der Waals surface area (Å²) < 4.78 is 5.27. The zero-order valence-electron chi connectivity index (χ0n) is 15.2. The minimum Gasteiger partial charge on any atom is -0.820 e. The third-order valence-corrected chi connectivity index (χ3v) is 4.57. The molecule has 0 spiro atoms. The SMILES string of the molecule is CCCCCCCC(OP([O-])[O-])c1ccc(C)cc1C(C)(C)C. The van der Waals surface area contributed by atoms with E-state index in [0.29, 0.717) is 0 Å². The summed E-state index contributed by atoms with van der Waals surface area (Å²) in [5, 5.41) is 0. The topological polar surface area (TPSA) is 55.3 Å². The van der Waals surface area contributed by atoms with E-state index in [0.717, 1.165) is 24.8 Å². The van der Waals surface area contributed by atoms with Crippen LogP contribution in [0.1, 0.15) is 89.0 Å². The van der Waals surface area contributed by atoms with Crippen molar-refractivity contribution in [1.82, 2.24) is 0 Å². The van der Waals surface area contributed by atoms with Gasteiger partial charge in [-0.1, -0.05) is 83.6 Å². The van der Waals surface area contributed by atoms with Crippen LogP contribution in [0.4, 0.5) is 0 Å². The Morgan fingerprint density at radius 1 is 1.09 bits per heavy atom. The van der Waals surface area contributed by atoms with Crippen molar-refractivity contribution in [3.05, 3.63) is 34.9 Å². The first-order valence-corrected chi connectivity index (χ1v) is 9.77. The first-order valence-electron chi connectivity index (χ1n) is 8.68. The molecule has 1 aromatic rings. The van der Waals surface area contributed by atoms with Crippen LogP contribution in [0.5, 0.6) is 0 Å². The smallest absolute Gasteiger partial charge is 0.0837 e. The predicted molar refractivity (Wildman–Crippen MR) is 94.0 cm³/mol. The zero-order chi connectivity index (χ0) is 17.5. The second-order valence-electron chi connectivity index (χ2n) is 7.36. The zero-order valence-corrected chi connectivity index (χ0v) is 16.1. The van der Waals surface area contributed by atoms with Crippen LogP contribution >= 0.6 is 8.60 Å². The molecule has 0 aliphatic heterocycles. The van der Waals surface area contributed by atoms with Gasteiger partial charge in [0.2, 0.25) is 0 Å². The van der Waals surface area contributed by atoms with Crippen LogP contribution in [-0.4, -0.2) is 0 Å². The highest BCUT2D eigenvalue weighted by Crippen LogP contribution is 2.38. The van der Waals surface area contributed by atoms with Crippen LogP contribution in [-0.2, 0) is 9.94 Å². The van der Waals surface area contributed by atoms with Gasteiger partial charge in [-0.3, -0.25) is 0 Å². The highest BCUT2D eigenvalue weighted by atomic mass is 31.2. The number of unbranched alkanes of at least 4 members (excludes halogenated alkanes) is 4. The van der Waals surface area contributed by atoms with Crippen molar-refractivity contribution in [2.45, 2.75) is 84.7 Å². The van der Waals surface area contributed by atoms with Gasteiger partial charge in [0.1, 0.15) is 0 Å². The largest absolute Gasteiger partial charge is 0.820 e. The summed E-state index contributed by atoms with van der Waals surface area (Å²) in [6.45, 7) is 10.7. The van der Waals surface area contributed by atoms with Crippen molar-refractivity contribution >= 4 is 8.60 Å². The van der Waals surface area contributed by atoms with Crippen LogP contribution < -0.4 is 9.79 Å². The lowest BCUT2D eigenvalue weighted by Gasteiger charge is -2.37. The van der Waals surface area contributed by atoms with Crippen LogP contribution in [0.15, 0.2) is 18.2 Å². The molecule has 1 rings (SSSR count). The Hall–Kier alpha value is -0.470. The summed E-state index contributed by atoms with van der Waals surface area (Å²) in [4.78, 5) is 22.3. The number of rotatable bonds is 9. The summed E-state index contributed by atoms with van der Waals surface area (Å²) in [7, 11) is -2.85. The molecule has 0 radical (unpaired) electrons. The average Bonchev–Trinajstić information content (AvgIpc) is 2.44. The molecule has 132 valence electrons. The van der Waals surface area contributed by atoms with E-state index in [4.69, 9.17) is 4.52 Å². The molecule has 0 heterocycles. The summed E-state index contributed by atoms with van der Waals surface area (Å²) in [6, 6.07) is 6.22. The van der Waals surface area contributed by atoms with Gasteiger partial charge in [-0.15, -0.1) is 0 Å². The van der Waals surface area contributed by atoms with Crippen LogP contribution in [0, 0.1) is 6.92 Å². The van der Waals surface area contributed by atoms with E-state index in [2.05, 4.69) is 40.7 Å². The van der Waals surface area contributed by atoms with Crippen molar-refractivity contribution in [1.29, 1.82) is 0 Å². The molecule has 1 aromatic carbocycles. The van der Waals surface area contributed by atoms with Crippen molar-refractivity contribution in [2.24, 2.45) is 0 Å². The van der Waals surface area contributed by atoms with Gasteiger partial charge in [0, 0.05) is 0 Å². The van der Waals surface area contributed by atoms with Gasteiger partial charge in [0.15, 0.2) is 0 Å². The molecule has 0 aliphatic carbocycles. The molecule has 0 fully saturated rings. The third kappa shape index (κ3) is 7.30. The fraction of sp³-hybridized carbons (Fsp3) is 0.684. The number of hydrogen-bond donors (Lipinski definition) is 0. The molecule has 0 saturated carbocycles. The molecule has 0 bridgehead atoms. The van der Waals surface area contributed by atoms with E-state index in [-0.39, 0.29) is 11.5 Å². The lowest BCUT2D eigenvalue weighted by atomic mass is 9.81. The van der Waals surface area contributed by atoms with Gasteiger partial charge in [0.05, 0.1) is 6.10 Å². The molecule has 4 heteroatoms. The third-order valence-electron chi connectivity index (χ3n) is 4.15. The van der Waals surface area contributed by atoms with Gasteiger partial charge < -0.3 is 14.3 Å². The average molecular weight is 338 g/mol. The molecule has 1 unspecified atom stereocenters. The highest BCUT2D eigenvalue weighted by Gasteiger charge is 2.23. The normalized spacial score (nSPS) is 13.6. The minimum atomic E-state index is -2.85. The Kier molecular flexibility index (Phi) is 8.71. The monoisotopic (exact) mass is 338 g/mol. The molecular weight excluding hydrogens is 307 g/mol. The van der Waals surface area contributed by atoms with Crippen LogP contribution in [0.2, 0.25) is 0 Å². The summed E-state index contributed by atoms with van der Waals surface area (Å²) in [5.74, 6) is 0. The Labute approximate surface area is 143 Å². The molecular formula is C19H31O3P-2. The van der Waals surface area contributed by atoms with Gasteiger partial charge in [-0.2, -0.15) is 8.60 Å². The highest BCUT2D eigenvalue weighted by molar-refractivity contribution is 7.36. The van der Waals surface area contributed by atoms with Gasteiger partial charge in [-0.05, 0) is 29.9 Å². The first kappa shape index (κ1) is 20.6. The molecule has 0 N–H and O–H groups in total. The fourth-order valence-electron chi connectivity index (χ4n) is 2.90. The summed E-state index contributed by atoms with van der Waals surface area (Å²) in [6.07, 6.45) is 6.14. The Balaban J connectivity index is 2.93. The molecule has 0 amide bonds. The van der Waals surface area contributed by atoms with Gasteiger partial charge in [-0.25, -0.2) is 0 Å². The number of aryl methyl sites for hydroxylation is 1. The van der Waals surface area contributed by atoms with E-state index in [1.807, 2.05) is 12.1 Å². The molecule has 0 aromatic heterocycles. The number of benzene rings is 1. The summed E-state index contributed by atoms with van der Waals surface area (Å²) in [5.41, 5.74) is 3.33. The lowest BCUT2D eigenvalue weighted by Crippen LogP contribution is -2.20. The fourth-order valence-corrected chi connectivity index (χ4v) is 3.33. The van der Waals surface area contributed by atoms with Crippen molar-refractivity contribution in [3.8, 4) is 0 Å². The molecule has 23 heavy (non-hydrogen) atoms. The van der Waals surface area contributed by atoms with E-state index >= 15 is 0 Å². The molecule has 3 nitrogen and oxygen atoms in total. The standard InChI is InChI=1S/C19H31O3P/c1-6-7-8-9-10-11-18(22-23(20)21)16-13-12-15(2)14-17(16)19(3,4)5/h12-14,18H,6-11H2,1-5H3/q-2.